The normalized spacial score (nSPS) is 16.4. The Morgan fingerprint density at radius 2 is 1.84 bits per heavy atom. The highest BCUT2D eigenvalue weighted by molar-refractivity contribution is 14.0. The Morgan fingerprint density at radius 1 is 1.20 bits per heavy atom. The summed E-state index contributed by atoms with van der Waals surface area (Å²) in [4.78, 5) is 4.55. The number of hydrogen-bond donors (Lipinski definition) is 2. The molecule has 0 unspecified atom stereocenters. The fourth-order valence-electron chi connectivity index (χ4n) is 2.79. The van der Waals surface area contributed by atoms with Gasteiger partial charge in [-0.1, -0.05) is 24.6 Å². The Morgan fingerprint density at radius 3 is 2.44 bits per heavy atom. The Labute approximate surface area is 168 Å². The molecule has 1 aromatic carbocycles. The Balaban J connectivity index is 0.00000312. The molecule has 6 nitrogen and oxygen atoms in total. The molecule has 1 aliphatic heterocycles. The van der Waals surface area contributed by atoms with Crippen molar-refractivity contribution >= 4 is 40.0 Å². The van der Waals surface area contributed by atoms with Gasteiger partial charge in [-0.15, -0.1) is 24.0 Å². The van der Waals surface area contributed by atoms with E-state index in [2.05, 4.69) is 15.6 Å². The van der Waals surface area contributed by atoms with Crippen LogP contribution in [-0.2, 0) is 16.6 Å². The van der Waals surface area contributed by atoms with Crippen LogP contribution < -0.4 is 10.6 Å². The summed E-state index contributed by atoms with van der Waals surface area (Å²) in [7, 11) is -1.73. The van der Waals surface area contributed by atoms with E-state index in [0.29, 0.717) is 30.5 Å². The van der Waals surface area contributed by atoms with Crippen LogP contribution in [0.1, 0.15) is 38.7 Å². The summed E-state index contributed by atoms with van der Waals surface area (Å²) in [6, 6.07) is 7.45. The fraction of sp³-hybridized carbons (Fsp3) is 0.588. The van der Waals surface area contributed by atoms with Crippen LogP contribution in [-0.4, -0.2) is 44.9 Å². The van der Waals surface area contributed by atoms with Crippen molar-refractivity contribution in [2.24, 2.45) is 4.99 Å². The second kappa shape index (κ2) is 10.3. The minimum absolute atomic E-state index is 0. The van der Waals surface area contributed by atoms with Crippen LogP contribution in [0.3, 0.4) is 0 Å². The monoisotopic (exact) mass is 480 g/mol. The molecule has 8 heteroatoms. The quantitative estimate of drug-likeness (QED) is 0.386. The van der Waals surface area contributed by atoms with Gasteiger partial charge in [0.1, 0.15) is 0 Å². The predicted octanol–water partition coefficient (Wildman–Crippen LogP) is 2.55. The molecule has 0 atom stereocenters. The number of aliphatic imine (C=N–C) groups is 1. The lowest BCUT2D eigenvalue weighted by Crippen LogP contribution is -2.41. The van der Waals surface area contributed by atoms with Crippen LogP contribution in [0, 0.1) is 0 Å². The third-order valence-corrected chi connectivity index (χ3v) is 6.00. The second-order valence-corrected chi connectivity index (χ2v) is 8.20. The molecule has 0 bridgehead atoms. The largest absolute Gasteiger partial charge is 0.354 e. The van der Waals surface area contributed by atoms with Crippen LogP contribution in [0.5, 0.6) is 0 Å². The van der Waals surface area contributed by atoms with Gasteiger partial charge in [-0.3, -0.25) is 4.99 Å². The lowest BCUT2D eigenvalue weighted by molar-refractivity contribution is 0.346. The third-order valence-electron chi connectivity index (χ3n) is 4.00. The summed E-state index contributed by atoms with van der Waals surface area (Å²) in [6.07, 6.45) is 2.97. The van der Waals surface area contributed by atoms with E-state index in [4.69, 9.17) is 0 Å². The van der Waals surface area contributed by atoms with Crippen LogP contribution in [0.4, 0.5) is 0 Å². The van der Waals surface area contributed by atoms with Gasteiger partial charge in [0.15, 0.2) is 5.96 Å². The second-order valence-electron chi connectivity index (χ2n) is 6.30. The van der Waals surface area contributed by atoms with E-state index in [1.54, 1.807) is 23.5 Å². The Bertz CT molecular complexity index is 671. The molecule has 2 N–H and O–H groups in total. The average Bonchev–Trinajstić information content (AvgIpc) is 2.59. The molecule has 25 heavy (non-hydrogen) atoms. The van der Waals surface area contributed by atoms with E-state index in [1.165, 1.54) is 0 Å². The molecule has 0 aliphatic carbocycles. The van der Waals surface area contributed by atoms with E-state index in [-0.39, 0.29) is 30.0 Å². The van der Waals surface area contributed by atoms with E-state index < -0.39 is 10.0 Å². The highest BCUT2D eigenvalue weighted by atomic mass is 127. The van der Waals surface area contributed by atoms with Crippen molar-refractivity contribution < 1.29 is 8.42 Å². The molecule has 1 heterocycles. The van der Waals surface area contributed by atoms with Gasteiger partial charge < -0.3 is 10.6 Å². The number of nitrogens with one attached hydrogen (secondary N) is 2. The molecule has 1 aliphatic rings. The van der Waals surface area contributed by atoms with Crippen molar-refractivity contribution in [1.29, 1.82) is 0 Å². The molecular formula is C17H29IN4O2S. The summed E-state index contributed by atoms with van der Waals surface area (Å²) >= 11 is 0. The number of nitrogens with zero attached hydrogens (tertiary/aromatic N) is 2. The zero-order chi connectivity index (χ0) is 17.6. The van der Waals surface area contributed by atoms with Crippen molar-refractivity contribution in [3.05, 3.63) is 29.8 Å². The molecule has 0 spiro atoms. The smallest absolute Gasteiger partial charge is 0.243 e. The van der Waals surface area contributed by atoms with Gasteiger partial charge in [-0.25, -0.2) is 8.42 Å². The van der Waals surface area contributed by atoms with Crippen LogP contribution in [0.25, 0.3) is 0 Å². The first-order valence-corrected chi connectivity index (χ1v) is 9.94. The lowest BCUT2D eigenvalue weighted by Gasteiger charge is -2.27. The van der Waals surface area contributed by atoms with Gasteiger partial charge in [0.2, 0.25) is 10.0 Å². The van der Waals surface area contributed by atoms with Crippen LogP contribution in [0.15, 0.2) is 34.2 Å². The number of rotatable bonds is 5. The predicted molar refractivity (Wildman–Crippen MR) is 113 cm³/mol. The topological polar surface area (TPSA) is 73.8 Å². The highest BCUT2D eigenvalue weighted by Gasteiger charge is 2.27. The third kappa shape index (κ3) is 6.10. The lowest BCUT2D eigenvalue weighted by atomic mass is 10.2. The van der Waals surface area contributed by atoms with Gasteiger partial charge in [0.25, 0.3) is 0 Å². The SMILES string of the molecule is CN=C(NCc1ccccc1S(=O)(=O)N1CCCCC1)NC(C)C.I. The van der Waals surface area contributed by atoms with E-state index in [1.807, 2.05) is 26.0 Å². The van der Waals surface area contributed by atoms with Crippen molar-refractivity contribution in [2.75, 3.05) is 20.1 Å². The molecule has 0 saturated carbocycles. The van der Waals surface area contributed by atoms with Gasteiger partial charge in [-0.05, 0) is 38.3 Å². The number of sulfonamides is 1. The first-order valence-electron chi connectivity index (χ1n) is 8.50. The number of hydrogen-bond acceptors (Lipinski definition) is 3. The summed E-state index contributed by atoms with van der Waals surface area (Å²) in [5.74, 6) is 0.662. The van der Waals surface area contributed by atoms with Gasteiger partial charge in [-0.2, -0.15) is 4.31 Å². The van der Waals surface area contributed by atoms with E-state index in [0.717, 1.165) is 24.8 Å². The highest BCUT2D eigenvalue weighted by Crippen LogP contribution is 2.23. The zero-order valence-electron chi connectivity index (χ0n) is 15.2. The Hall–Kier alpha value is -0.870. The van der Waals surface area contributed by atoms with Gasteiger partial charge in [0, 0.05) is 32.7 Å². The zero-order valence-corrected chi connectivity index (χ0v) is 18.3. The maximum absolute atomic E-state index is 13.0. The molecular weight excluding hydrogens is 451 g/mol. The van der Waals surface area contributed by atoms with Crippen LogP contribution in [0.2, 0.25) is 0 Å². The summed E-state index contributed by atoms with van der Waals surface area (Å²) in [5.41, 5.74) is 0.759. The average molecular weight is 480 g/mol. The molecule has 0 amide bonds. The summed E-state index contributed by atoms with van der Waals surface area (Å²) in [5, 5.41) is 6.39. The summed E-state index contributed by atoms with van der Waals surface area (Å²) in [6.45, 7) is 5.69. The first-order chi connectivity index (χ1) is 11.4. The van der Waals surface area contributed by atoms with Crippen molar-refractivity contribution in [3.63, 3.8) is 0 Å². The molecule has 2 rings (SSSR count). The minimum Gasteiger partial charge on any atom is -0.354 e. The molecule has 1 fully saturated rings. The number of guanidine groups is 1. The van der Waals surface area contributed by atoms with E-state index >= 15 is 0 Å². The molecule has 0 radical (unpaired) electrons. The van der Waals surface area contributed by atoms with Gasteiger partial charge >= 0.3 is 0 Å². The minimum atomic E-state index is -3.44. The van der Waals surface area contributed by atoms with Crippen molar-refractivity contribution in [3.8, 4) is 0 Å². The number of halogens is 1. The van der Waals surface area contributed by atoms with Gasteiger partial charge in [0.05, 0.1) is 4.90 Å². The van der Waals surface area contributed by atoms with E-state index in [9.17, 15) is 8.42 Å². The molecule has 1 saturated heterocycles. The maximum atomic E-state index is 13.0. The Kier molecular flexibility index (Phi) is 9.15. The summed E-state index contributed by atoms with van der Waals surface area (Å²) < 4.78 is 27.5. The van der Waals surface area contributed by atoms with Crippen molar-refractivity contribution in [2.45, 2.75) is 50.6 Å². The fourth-order valence-corrected chi connectivity index (χ4v) is 4.53. The van der Waals surface area contributed by atoms with Crippen molar-refractivity contribution in [1.82, 2.24) is 14.9 Å². The van der Waals surface area contributed by atoms with Crippen LogP contribution >= 0.6 is 24.0 Å². The molecule has 1 aromatic rings. The molecule has 0 aromatic heterocycles. The first kappa shape index (κ1) is 22.2. The number of benzene rings is 1. The standard InChI is InChI=1S/C17H28N4O2S.HI/c1-14(2)20-17(18-3)19-13-15-9-5-6-10-16(15)24(22,23)21-11-7-4-8-12-21;/h5-6,9-10,14H,4,7-8,11-13H2,1-3H3,(H2,18,19,20);1H. The number of piperidine rings is 1. The molecule has 142 valence electrons. The maximum Gasteiger partial charge on any atom is 0.243 e.